The van der Waals surface area contributed by atoms with Gasteiger partial charge in [-0.25, -0.2) is 0 Å². The Balaban J connectivity index is 1.57. The third-order valence-corrected chi connectivity index (χ3v) is 6.22. The van der Waals surface area contributed by atoms with Gasteiger partial charge in [0.05, 0.1) is 6.04 Å². The Hall–Kier alpha value is -3.25. The van der Waals surface area contributed by atoms with Crippen LogP contribution in [0.4, 0.5) is 11.4 Å². The molecular formula is C26H27N3O2S. The molecule has 1 heterocycles. The first-order chi connectivity index (χ1) is 15.4. The summed E-state index contributed by atoms with van der Waals surface area (Å²) in [6.45, 7) is 4.39. The average Bonchev–Trinajstić information content (AvgIpc) is 2.79. The summed E-state index contributed by atoms with van der Waals surface area (Å²) in [5.74, 6) is -0.215. The Labute approximate surface area is 193 Å². The molecule has 3 N–H and O–H groups in total. The summed E-state index contributed by atoms with van der Waals surface area (Å²) >= 11 is 1.30. The minimum Gasteiger partial charge on any atom is -0.378 e. The van der Waals surface area contributed by atoms with E-state index < -0.39 is 0 Å². The molecule has 6 heteroatoms. The molecule has 5 nitrogen and oxygen atoms in total. The second kappa shape index (κ2) is 9.09. The van der Waals surface area contributed by atoms with Gasteiger partial charge in [-0.1, -0.05) is 56.1 Å². The van der Waals surface area contributed by atoms with Crippen LogP contribution in [-0.2, 0) is 5.41 Å². The highest BCUT2D eigenvalue weighted by Crippen LogP contribution is 2.44. The van der Waals surface area contributed by atoms with Crippen molar-refractivity contribution in [3.05, 3.63) is 95.1 Å². The van der Waals surface area contributed by atoms with Crippen molar-refractivity contribution in [3.63, 3.8) is 0 Å². The van der Waals surface area contributed by atoms with Gasteiger partial charge in [0.25, 0.3) is 11.8 Å². The van der Waals surface area contributed by atoms with E-state index in [9.17, 15) is 9.59 Å². The van der Waals surface area contributed by atoms with Crippen LogP contribution >= 0.6 is 11.9 Å². The molecule has 1 atom stereocenters. The van der Waals surface area contributed by atoms with E-state index in [0.29, 0.717) is 11.1 Å². The molecule has 3 aromatic carbocycles. The van der Waals surface area contributed by atoms with Crippen molar-refractivity contribution < 1.29 is 9.59 Å². The van der Waals surface area contributed by atoms with Crippen molar-refractivity contribution in [2.75, 3.05) is 16.9 Å². The predicted octanol–water partition coefficient (Wildman–Crippen LogP) is 5.78. The van der Waals surface area contributed by atoms with Crippen LogP contribution in [0.15, 0.2) is 72.8 Å². The number of para-hydroxylation sites is 1. The summed E-state index contributed by atoms with van der Waals surface area (Å²) in [5, 5.41) is 6.56. The Bertz CT molecular complexity index is 1140. The van der Waals surface area contributed by atoms with E-state index in [1.165, 1.54) is 11.9 Å². The fourth-order valence-corrected chi connectivity index (χ4v) is 4.51. The quantitative estimate of drug-likeness (QED) is 0.435. The SMILES string of the molecule is CSNC(=O)c1ccc2c(c1)C(C)(C)CC(c1cccc(C(=O)Nc3ccccc3)c1)N2. The second-order valence-electron chi connectivity index (χ2n) is 8.63. The number of carbonyl (C=O) groups is 2. The molecule has 4 rings (SSSR count). The minimum absolute atomic E-state index is 0.0628. The fraction of sp³-hybridized carbons (Fsp3) is 0.231. The van der Waals surface area contributed by atoms with Crippen LogP contribution in [0, 0.1) is 0 Å². The number of rotatable bonds is 5. The van der Waals surface area contributed by atoms with Crippen LogP contribution in [0.25, 0.3) is 0 Å². The third kappa shape index (κ3) is 4.65. The van der Waals surface area contributed by atoms with Gasteiger partial charge in [-0.05, 0) is 65.4 Å². The summed E-state index contributed by atoms with van der Waals surface area (Å²) in [6, 6.07) is 23.1. The summed E-state index contributed by atoms with van der Waals surface area (Å²) in [6.07, 6.45) is 2.68. The standard InChI is InChI=1S/C26H27N3O2S/c1-26(2)16-23(28-22-13-12-19(15-21(22)26)25(31)29-32-3)17-8-7-9-18(14-17)24(30)27-20-10-5-4-6-11-20/h4-15,23,28H,16H2,1-3H3,(H,27,30)(H,29,31). The van der Waals surface area contributed by atoms with Crippen LogP contribution in [0.2, 0.25) is 0 Å². The highest BCUT2D eigenvalue weighted by atomic mass is 32.2. The van der Waals surface area contributed by atoms with Gasteiger partial charge >= 0.3 is 0 Å². The lowest BCUT2D eigenvalue weighted by Gasteiger charge is -2.39. The lowest BCUT2D eigenvalue weighted by molar-refractivity contribution is 0.0982. The van der Waals surface area contributed by atoms with Crippen molar-refractivity contribution in [3.8, 4) is 0 Å². The summed E-state index contributed by atoms with van der Waals surface area (Å²) in [7, 11) is 0. The molecular weight excluding hydrogens is 418 g/mol. The van der Waals surface area contributed by atoms with Crippen LogP contribution < -0.4 is 15.4 Å². The average molecular weight is 446 g/mol. The van der Waals surface area contributed by atoms with Gasteiger partial charge in [0.15, 0.2) is 0 Å². The largest absolute Gasteiger partial charge is 0.378 e. The number of benzene rings is 3. The van der Waals surface area contributed by atoms with Gasteiger partial charge in [0.1, 0.15) is 0 Å². The first-order valence-electron chi connectivity index (χ1n) is 10.6. The number of hydrogen-bond acceptors (Lipinski definition) is 4. The Morgan fingerprint density at radius 3 is 2.44 bits per heavy atom. The molecule has 0 fully saturated rings. The van der Waals surface area contributed by atoms with E-state index in [0.717, 1.165) is 28.9 Å². The summed E-state index contributed by atoms with van der Waals surface area (Å²) in [5.41, 5.74) is 5.13. The van der Waals surface area contributed by atoms with Crippen LogP contribution in [0.1, 0.15) is 58.2 Å². The van der Waals surface area contributed by atoms with Gasteiger partial charge in [0, 0.05) is 28.8 Å². The molecule has 0 bridgehead atoms. The number of nitrogens with one attached hydrogen (secondary N) is 3. The van der Waals surface area contributed by atoms with Crippen LogP contribution in [0.5, 0.6) is 0 Å². The molecule has 32 heavy (non-hydrogen) atoms. The molecule has 164 valence electrons. The first kappa shape index (κ1) is 22.0. The smallest absolute Gasteiger partial charge is 0.261 e. The Kier molecular flexibility index (Phi) is 6.24. The number of anilines is 2. The van der Waals surface area contributed by atoms with E-state index in [1.54, 1.807) is 0 Å². The zero-order valence-corrected chi connectivity index (χ0v) is 19.3. The molecule has 0 spiro atoms. The van der Waals surface area contributed by atoms with Crippen molar-refractivity contribution in [2.24, 2.45) is 0 Å². The van der Waals surface area contributed by atoms with Gasteiger partial charge in [-0.15, -0.1) is 0 Å². The van der Waals surface area contributed by atoms with Crippen LogP contribution in [0.3, 0.4) is 0 Å². The van der Waals surface area contributed by atoms with E-state index in [2.05, 4.69) is 35.3 Å². The molecule has 0 saturated heterocycles. The highest BCUT2D eigenvalue weighted by Gasteiger charge is 2.34. The fourth-order valence-electron chi connectivity index (χ4n) is 4.20. The molecule has 1 aliphatic rings. The monoisotopic (exact) mass is 445 g/mol. The number of carbonyl (C=O) groups excluding carboxylic acids is 2. The number of hydrogen-bond donors (Lipinski definition) is 3. The van der Waals surface area contributed by atoms with E-state index >= 15 is 0 Å². The minimum atomic E-state index is -0.136. The van der Waals surface area contributed by atoms with Crippen molar-refractivity contribution in [2.45, 2.75) is 31.7 Å². The molecule has 0 aliphatic carbocycles. The second-order valence-corrected chi connectivity index (χ2v) is 9.24. The van der Waals surface area contributed by atoms with Gasteiger partial charge < -0.3 is 10.6 Å². The van der Waals surface area contributed by atoms with Crippen molar-refractivity contribution in [1.29, 1.82) is 0 Å². The van der Waals surface area contributed by atoms with Crippen LogP contribution in [-0.4, -0.2) is 18.1 Å². The van der Waals surface area contributed by atoms with E-state index in [1.807, 2.05) is 73.0 Å². The van der Waals surface area contributed by atoms with Gasteiger partial charge in [-0.2, -0.15) is 0 Å². The molecule has 0 saturated carbocycles. The van der Waals surface area contributed by atoms with E-state index in [-0.39, 0.29) is 23.3 Å². The molecule has 0 aromatic heterocycles. The Morgan fingerprint density at radius 2 is 1.69 bits per heavy atom. The van der Waals surface area contributed by atoms with Crippen molar-refractivity contribution >= 4 is 35.1 Å². The highest BCUT2D eigenvalue weighted by molar-refractivity contribution is 7.97. The maximum absolute atomic E-state index is 12.8. The summed E-state index contributed by atoms with van der Waals surface area (Å²) < 4.78 is 2.78. The zero-order valence-electron chi connectivity index (χ0n) is 18.4. The Morgan fingerprint density at radius 1 is 0.938 bits per heavy atom. The molecule has 2 amide bonds. The lowest BCUT2D eigenvalue weighted by atomic mass is 9.73. The summed E-state index contributed by atoms with van der Waals surface area (Å²) in [4.78, 5) is 25.0. The zero-order chi connectivity index (χ0) is 22.7. The molecule has 0 radical (unpaired) electrons. The molecule has 1 unspecified atom stereocenters. The molecule has 1 aliphatic heterocycles. The van der Waals surface area contributed by atoms with Gasteiger partial charge in [-0.3, -0.25) is 14.3 Å². The lowest BCUT2D eigenvalue weighted by Crippen LogP contribution is -2.32. The maximum atomic E-state index is 12.8. The predicted molar refractivity (Wildman–Crippen MR) is 132 cm³/mol. The van der Waals surface area contributed by atoms with Gasteiger partial charge in [0.2, 0.25) is 0 Å². The normalized spacial score (nSPS) is 16.4. The first-order valence-corrected chi connectivity index (χ1v) is 11.8. The molecule has 3 aromatic rings. The number of amides is 2. The third-order valence-electron chi connectivity index (χ3n) is 5.83. The number of fused-ring (bicyclic) bond motifs is 1. The topological polar surface area (TPSA) is 70.2 Å². The van der Waals surface area contributed by atoms with Crippen molar-refractivity contribution in [1.82, 2.24) is 4.72 Å². The van der Waals surface area contributed by atoms with E-state index in [4.69, 9.17) is 0 Å². The maximum Gasteiger partial charge on any atom is 0.261 e.